The van der Waals surface area contributed by atoms with Crippen LogP contribution < -0.4 is 9.47 Å². The highest BCUT2D eigenvalue weighted by Crippen LogP contribution is 2.31. The maximum absolute atomic E-state index is 12.4. The molecule has 0 N–H and O–H groups in total. The highest BCUT2D eigenvalue weighted by Gasteiger charge is 2.51. The first-order valence-electron chi connectivity index (χ1n) is 9.52. The first-order chi connectivity index (χ1) is 14.6. The van der Waals surface area contributed by atoms with E-state index in [1.807, 2.05) is 0 Å². The third-order valence-corrected chi connectivity index (χ3v) is 5.13. The van der Waals surface area contributed by atoms with Gasteiger partial charge in [-0.3, -0.25) is 0 Å². The fraction of sp³-hybridized carbons (Fsp3) is 0.364. The van der Waals surface area contributed by atoms with E-state index in [0.717, 1.165) is 0 Å². The predicted octanol–water partition coefficient (Wildman–Crippen LogP) is 2.25. The number of rotatable bonds is 6. The Morgan fingerprint density at radius 3 is 1.40 bits per heavy atom. The fourth-order valence-corrected chi connectivity index (χ4v) is 3.50. The van der Waals surface area contributed by atoms with Crippen LogP contribution in [0.5, 0.6) is 11.5 Å². The van der Waals surface area contributed by atoms with E-state index in [-0.39, 0.29) is 13.2 Å². The van der Waals surface area contributed by atoms with Gasteiger partial charge in [0.25, 0.3) is 0 Å². The molecule has 0 unspecified atom stereocenters. The minimum Gasteiger partial charge on any atom is -0.497 e. The molecular weight excluding hydrogens is 392 g/mol. The van der Waals surface area contributed by atoms with Crippen molar-refractivity contribution in [1.82, 2.24) is 0 Å². The number of methoxy groups -OCH3 is 2. The van der Waals surface area contributed by atoms with Crippen molar-refractivity contribution in [2.75, 3.05) is 27.4 Å². The van der Waals surface area contributed by atoms with E-state index in [1.54, 1.807) is 62.8 Å². The van der Waals surface area contributed by atoms with Crippen molar-refractivity contribution >= 4 is 11.9 Å². The van der Waals surface area contributed by atoms with Crippen LogP contribution in [0, 0.1) is 0 Å². The summed E-state index contributed by atoms with van der Waals surface area (Å²) in [6.07, 6.45) is -2.12. The average molecular weight is 414 g/mol. The Hall–Kier alpha value is -3.10. The summed E-state index contributed by atoms with van der Waals surface area (Å²) in [5.41, 5.74) is 0.805. The lowest BCUT2D eigenvalue weighted by Crippen LogP contribution is -2.36. The zero-order valence-corrected chi connectivity index (χ0v) is 16.6. The van der Waals surface area contributed by atoms with Gasteiger partial charge in [-0.1, -0.05) is 0 Å². The van der Waals surface area contributed by atoms with E-state index >= 15 is 0 Å². The van der Waals surface area contributed by atoms with Crippen LogP contribution in [0.1, 0.15) is 20.7 Å². The Labute approximate surface area is 173 Å². The molecule has 0 aromatic heterocycles. The normalized spacial score (nSPS) is 24.7. The van der Waals surface area contributed by atoms with Crippen molar-refractivity contribution in [3.63, 3.8) is 0 Å². The molecule has 0 amide bonds. The van der Waals surface area contributed by atoms with Gasteiger partial charge >= 0.3 is 11.9 Å². The third-order valence-electron chi connectivity index (χ3n) is 5.13. The molecule has 2 aliphatic rings. The molecule has 2 aromatic carbocycles. The number of carbonyl (C=O) groups is 2. The van der Waals surface area contributed by atoms with E-state index in [2.05, 4.69) is 0 Å². The maximum Gasteiger partial charge on any atom is 0.338 e. The summed E-state index contributed by atoms with van der Waals surface area (Å²) in [4.78, 5) is 24.8. The highest BCUT2D eigenvalue weighted by atomic mass is 16.7. The smallest absolute Gasteiger partial charge is 0.338 e. The summed E-state index contributed by atoms with van der Waals surface area (Å²) in [6, 6.07) is 13.3. The zero-order chi connectivity index (χ0) is 21.1. The van der Waals surface area contributed by atoms with Crippen LogP contribution >= 0.6 is 0 Å². The molecule has 2 aliphatic heterocycles. The minimum atomic E-state index is -0.575. The molecule has 0 radical (unpaired) electrons. The second-order valence-electron chi connectivity index (χ2n) is 6.94. The number of hydrogen-bond donors (Lipinski definition) is 0. The molecule has 4 rings (SSSR count). The Bertz CT molecular complexity index is 817. The van der Waals surface area contributed by atoms with Crippen LogP contribution in [-0.2, 0) is 18.9 Å². The molecule has 2 aromatic rings. The van der Waals surface area contributed by atoms with Crippen LogP contribution in [0.25, 0.3) is 0 Å². The molecule has 8 heteroatoms. The number of esters is 2. The van der Waals surface area contributed by atoms with Gasteiger partial charge in [0.05, 0.1) is 38.6 Å². The summed E-state index contributed by atoms with van der Waals surface area (Å²) < 4.78 is 32.8. The van der Waals surface area contributed by atoms with E-state index < -0.39 is 36.4 Å². The summed E-state index contributed by atoms with van der Waals surface area (Å²) in [6.45, 7) is 0.349. The van der Waals surface area contributed by atoms with Gasteiger partial charge in [-0.25, -0.2) is 9.59 Å². The quantitative estimate of drug-likeness (QED) is 0.665. The number of ether oxygens (including phenoxy) is 6. The molecule has 0 bridgehead atoms. The van der Waals surface area contributed by atoms with Crippen molar-refractivity contribution in [3.8, 4) is 11.5 Å². The molecule has 158 valence electrons. The van der Waals surface area contributed by atoms with E-state index in [9.17, 15) is 9.59 Å². The topological polar surface area (TPSA) is 89.5 Å². The summed E-state index contributed by atoms with van der Waals surface area (Å²) in [7, 11) is 3.11. The van der Waals surface area contributed by atoms with Gasteiger partial charge in [-0.05, 0) is 48.5 Å². The Morgan fingerprint density at radius 1 is 0.700 bits per heavy atom. The largest absolute Gasteiger partial charge is 0.497 e. The van der Waals surface area contributed by atoms with Gasteiger partial charge < -0.3 is 28.4 Å². The lowest BCUT2D eigenvalue weighted by Gasteiger charge is -2.17. The summed E-state index contributed by atoms with van der Waals surface area (Å²) in [5, 5.41) is 0. The van der Waals surface area contributed by atoms with Crippen LogP contribution in [0.15, 0.2) is 48.5 Å². The van der Waals surface area contributed by atoms with Crippen LogP contribution in [0.2, 0.25) is 0 Å². The van der Waals surface area contributed by atoms with Crippen molar-refractivity contribution in [3.05, 3.63) is 59.7 Å². The standard InChI is InChI=1S/C22H22O8/c1-25-15-7-3-13(4-8-15)21(23)29-17-11-27-20-18(12-28-19(17)20)30-22(24)14-5-9-16(26-2)10-6-14/h3-10,17-20H,11-12H2,1-2H3/t17-,18-,19+,20+/m1/s1. The number of hydrogen-bond acceptors (Lipinski definition) is 8. The second-order valence-corrected chi connectivity index (χ2v) is 6.94. The number of benzene rings is 2. The van der Waals surface area contributed by atoms with Crippen LogP contribution in [-0.4, -0.2) is 63.8 Å². The lowest BCUT2D eigenvalue weighted by atomic mass is 10.1. The van der Waals surface area contributed by atoms with Gasteiger partial charge in [-0.15, -0.1) is 0 Å². The van der Waals surface area contributed by atoms with Crippen molar-refractivity contribution in [2.45, 2.75) is 24.4 Å². The molecule has 2 saturated heterocycles. The molecule has 0 spiro atoms. The van der Waals surface area contributed by atoms with Gasteiger partial charge in [0.2, 0.25) is 0 Å². The first-order valence-corrected chi connectivity index (χ1v) is 9.52. The Kier molecular flexibility index (Phi) is 5.87. The highest BCUT2D eigenvalue weighted by molar-refractivity contribution is 5.90. The molecule has 30 heavy (non-hydrogen) atoms. The Morgan fingerprint density at radius 2 is 1.07 bits per heavy atom. The summed E-state index contributed by atoms with van der Waals surface area (Å²) >= 11 is 0. The fourth-order valence-electron chi connectivity index (χ4n) is 3.50. The molecule has 0 aliphatic carbocycles. The molecule has 4 atom stereocenters. The monoisotopic (exact) mass is 414 g/mol. The van der Waals surface area contributed by atoms with Crippen molar-refractivity contribution in [1.29, 1.82) is 0 Å². The lowest BCUT2D eigenvalue weighted by molar-refractivity contribution is -0.0287. The van der Waals surface area contributed by atoms with E-state index in [0.29, 0.717) is 22.6 Å². The number of fused-ring (bicyclic) bond motifs is 1. The van der Waals surface area contributed by atoms with E-state index in [4.69, 9.17) is 28.4 Å². The van der Waals surface area contributed by atoms with Gasteiger partial charge in [0.1, 0.15) is 23.7 Å². The maximum atomic E-state index is 12.4. The molecule has 2 fully saturated rings. The summed E-state index contributed by atoms with van der Waals surface area (Å²) in [5.74, 6) is 0.344. The zero-order valence-electron chi connectivity index (χ0n) is 16.6. The van der Waals surface area contributed by atoms with Crippen molar-refractivity contribution in [2.24, 2.45) is 0 Å². The Balaban J connectivity index is 1.34. The van der Waals surface area contributed by atoms with Crippen LogP contribution in [0.4, 0.5) is 0 Å². The van der Waals surface area contributed by atoms with Crippen molar-refractivity contribution < 1.29 is 38.0 Å². The molecule has 8 nitrogen and oxygen atoms in total. The predicted molar refractivity (Wildman–Crippen MR) is 104 cm³/mol. The second kappa shape index (κ2) is 8.73. The van der Waals surface area contributed by atoms with Gasteiger partial charge in [0.15, 0.2) is 12.2 Å². The third kappa shape index (κ3) is 4.10. The van der Waals surface area contributed by atoms with E-state index in [1.165, 1.54) is 0 Å². The average Bonchev–Trinajstić information content (AvgIpc) is 3.37. The van der Waals surface area contributed by atoms with Gasteiger partial charge in [-0.2, -0.15) is 0 Å². The molecule has 2 heterocycles. The minimum absolute atomic E-state index is 0.174. The molecule has 0 saturated carbocycles. The molecular formula is C22H22O8. The number of carbonyl (C=O) groups excluding carboxylic acids is 2. The first kappa shape index (κ1) is 20.2. The SMILES string of the molecule is COc1ccc(C(=O)O[C@@H]2CO[C@@H]3[C@H]2OC[C@H]3OC(=O)c2ccc(OC)cc2)cc1. The van der Waals surface area contributed by atoms with Gasteiger partial charge in [0, 0.05) is 0 Å². The van der Waals surface area contributed by atoms with Crippen LogP contribution in [0.3, 0.4) is 0 Å².